The minimum atomic E-state index is -0.724. The van der Waals surface area contributed by atoms with Crippen LogP contribution in [-0.2, 0) is 4.74 Å². The lowest BCUT2D eigenvalue weighted by Crippen LogP contribution is -2.22. The highest BCUT2D eigenvalue weighted by Gasteiger charge is 2.22. The van der Waals surface area contributed by atoms with E-state index in [4.69, 9.17) is 4.74 Å². The third-order valence-corrected chi connectivity index (χ3v) is 6.15. The van der Waals surface area contributed by atoms with Crippen molar-refractivity contribution in [3.05, 3.63) is 57.5 Å². The SMILES string of the molecule is CCO[C@@H]1CC=C(CC2=CCCC(n3c(=O)[nH]c4c(F)cc(F)cc43)CC2)CC1.[HH].[HH]. The molecule has 1 aromatic carbocycles. The Balaban J connectivity index is 0.00000171. The molecule has 2 aliphatic carbocycles. The first-order valence-electron chi connectivity index (χ1n) is 10.6. The van der Waals surface area contributed by atoms with Gasteiger partial charge in [0.2, 0.25) is 0 Å². The van der Waals surface area contributed by atoms with E-state index in [1.165, 1.54) is 17.2 Å². The highest BCUT2D eigenvalue weighted by Crippen LogP contribution is 2.33. The zero-order valence-corrected chi connectivity index (χ0v) is 16.8. The van der Waals surface area contributed by atoms with Crippen molar-refractivity contribution in [2.45, 2.75) is 70.4 Å². The molecule has 0 fully saturated rings. The van der Waals surface area contributed by atoms with Gasteiger partial charge in [-0.05, 0) is 58.3 Å². The summed E-state index contributed by atoms with van der Waals surface area (Å²) in [4.78, 5) is 15.0. The molecule has 4 nitrogen and oxygen atoms in total. The summed E-state index contributed by atoms with van der Waals surface area (Å²) in [6, 6.07) is 1.99. The number of hydrogen-bond acceptors (Lipinski definition) is 2. The molecule has 0 saturated heterocycles. The molecule has 0 radical (unpaired) electrons. The minimum Gasteiger partial charge on any atom is -0.378 e. The molecule has 1 heterocycles. The van der Waals surface area contributed by atoms with E-state index < -0.39 is 11.6 Å². The molecular formula is C23H32F2N2O2. The number of ether oxygens (including phenoxy) is 1. The summed E-state index contributed by atoms with van der Waals surface area (Å²) in [5, 5.41) is 0. The van der Waals surface area contributed by atoms with Gasteiger partial charge in [0.15, 0.2) is 5.82 Å². The number of aromatic nitrogens is 2. The minimum absolute atomic E-state index is 0. The van der Waals surface area contributed by atoms with Crippen molar-refractivity contribution in [2.24, 2.45) is 0 Å². The second-order valence-corrected chi connectivity index (χ2v) is 8.10. The van der Waals surface area contributed by atoms with Gasteiger partial charge in [0, 0.05) is 27.6 Å². The summed E-state index contributed by atoms with van der Waals surface area (Å²) in [6.45, 7) is 2.80. The van der Waals surface area contributed by atoms with Crippen LogP contribution in [0.5, 0.6) is 0 Å². The maximum atomic E-state index is 14.0. The van der Waals surface area contributed by atoms with Gasteiger partial charge in [-0.3, -0.25) is 4.57 Å². The number of nitrogens with one attached hydrogen (secondary N) is 1. The molecule has 0 bridgehead atoms. The summed E-state index contributed by atoms with van der Waals surface area (Å²) >= 11 is 0. The van der Waals surface area contributed by atoms with Gasteiger partial charge < -0.3 is 9.72 Å². The maximum absolute atomic E-state index is 14.0. The van der Waals surface area contributed by atoms with Crippen LogP contribution in [0.3, 0.4) is 0 Å². The first-order valence-corrected chi connectivity index (χ1v) is 10.6. The smallest absolute Gasteiger partial charge is 0.326 e. The molecule has 160 valence electrons. The van der Waals surface area contributed by atoms with Crippen LogP contribution in [0.25, 0.3) is 11.0 Å². The number of aromatic amines is 1. The van der Waals surface area contributed by atoms with Crippen molar-refractivity contribution in [1.29, 1.82) is 0 Å². The second-order valence-electron chi connectivity index (χ2n) is 8.10. The Hall–Kier alpha value is -2.21. The average molecular weight is 407 g/mol. The number of allylic oxidation sites excluding steroid dienone is 3. The molecule has 29 heavy (non-hydrogen) atoms. The molecule has 0 amide bonds. The van der Waals surface area contributed by atoms with E-state index in [1.54, 1.807) is 4.57 Å². The molecule has 1 N–H and O–H groups in total. The van der Waals surface area contributed by atoms with Crippen molar-refractivity contribution in [3.63, 3.8) is 0 Å². The van der Waals surface area contributed by atoms with E-state index in [0.29, 0.717) is 11.6 Å². The molecule has 4 rings (SSSR count). The summed E-state index contributed by atoms with van der Waals surface area (Å²) in [5.74, 6) is -1.39. The average Bonchev–Trinajstić information content (AvgIpc) is 2.86. The zero-order valence-electron chi connectivity index (χ0n) is 16.8. The van der Waals surface area contributed by atoms with Gasteiger partial charge in [0.25, 0.3) is 0 Å². The molecule has 6 heteroatoms. The highest BCUT2D eigenvalue weighted by molar-refractivity contribution is 5.76. The molecular weight excluding hydrogens is 374 g/mol. The largest absolute Gasteiger partial charge is 0.378 e. The maximum Gasteiger partial charge on any atom is 0.326 e. The number of nitrogens with zero attached hydrogens (tertiary/aromatic N) is 1. The molecule has 2 aliphatic rings. The van der Waals surface area contributed by atoms with E-state index >= 15 is 0 Å². The van der Waals surface area contributed by atoms with Crippen molar-refractivity contribution >= 4 is 11.0 Å². The van der Waals surface area contributed by atoms with E-state index in [0.717, 1.165) is 64.0 Å². The predicted molar refractivity (Wildman–Crippen MR) is 114 cm³/mol. The van der Waals surface area contributed by atoms with Crippen molar-refractivity contribution in [3.8, 4) is 0 Å². The quantitative estimate of drug-likeness (QED) is 0.615. The predicted octanol–water partition coefficient (Wildman–Crippen LogP) is 6.05. The Kier molecular flexibility index (Phi) is 5.99. The molecule has 1 aromatic heterocycles. The summed E-state index contributed by atoms with van der Waals surface area (Å²) in [7, 11) is 0. The molecule has 2 aromatic rings. The summed E-state index contributed by atoms with van der Waals surface area (Å²) in [5.41, 5.74) is 2.91. The van der Waals surface area contributed by atoms with Gasteiger partial charge in [-0.2, -0.15) is 0 Å². The fraction of sp³-hybridized carbons (Fsp3) is 0.522. The van der Waals surface area contributed by atoms with Gasteiger partial charge in [-0.25, -0.2) is 13.6 Å². The van der Waals surface area contributed by atoms with Crippen molar-refractivity contribution in [2.75, 3.05) is 6.61 Å². The number of benzene rings is 1. The van der Waals surface area contributed by atoms with Gasteiger partial charge in [-0.15, -0.1) is 0 Å². The third-order valence-electron chi connectivity index (χ3n) is 6.15. The lowest BCUT2D eigenvalue weighted by Gasteiger charge is -2.22. The Morgan fingerprint density at radius 2 is 1.97 bits per heavy atom. The van der Waals surface area contributed by atoms with E-state index in [-0.39, 0.29) is 20.1 Å². The first kappa shape index (κ1) is 20.1. The lowest BCUT2D eigenvalue weighted by molar-refractivity contribution is 0.0558. The zero-order chi connectivity index (χ0) is 20.4. The van der Waals surface area contributed by atoms with Crippen LogP contribution < -0.4 is 5.69 Å². The Labute approximate surface area is 172 Å². The van der Waals surface area contributed by atoms with E-state index in [2.05, 4.69) is 17.1 Å². The van der Waals surface area contributed by atoms with Crippen LogP contribution >= 0.6 is 0 Å². The van der Waals surface area contributed by atoms with Crippen LogP contribution in [0.15, 0.2) is 40.2 Å². The van der Waals surface area contributed by atoms with Gasteiger partial charge in [0.05, 0.1) is 11.6 Å². The fourth-order valence-corrected chi connectivity index (χ4v) is 4.71. The Morgan fingerprint density at radius 1 is 1.17 bits per heavy atom. The fourth-order valence-electron chi connectivity index (χ4n) is 4.71. The molecule has 2 atom stereocenters. The number of rotatable bonds is 5. The molecule has 0 saturated carbocycles. The lowest BCUT2D eigenvalue weighted by atomic mass is 9.91. The molecule has 0 spiro atoms. The molecule has 0 aliphatic heterocycles. The third kappa shape index (κ3) is 4.37. The second kappa shape index (κ2) is 8.66. The van der Waals surface area contributed by atoms with Crippen LogP contribution in [0.1, 0.15) is 67.2 Å². The number of fused-ring (bicyclic) bond motifs is 1. The van der Waals surface area contributed by atoms with E-state index in [1.807, 2.05) is 6.92 Å². The van der Waals surface area contributed by atoms with Crippen LogP contribution in [0.4, 0.5) is 8.78 Å². The standard InChI is InChI=1S/C23H28F2N2O2.2H2/c1-2-29-19-10-7-16(8-11-19)12-15-4-3-5-18(9-6-15)27-21-14-17(24)13-20(25)22(21)26-23(27)28;;/h4,7,13-14,18-19H,2-3,5-6,8-12H2,1H3,(H,26,28);2*1H/t18?,19-;;/m1../s1. The number of imidazole rings is 1. The van der Waals surface area contributed by atoms with E-state index in [9.17, 15) is 13.6 Å². The topological polar surface area (TPSA) is 47.0 Å². The monoisotopic (exact) mass is 406 g/mol. The van der Waals surface area contributed by atoms with Gasteiger partial charge >= 0.3 is 5.69 Å². The van der Waals surface area contributed by atoms with Gasteiger partial charge in [0.1, 0.15) is 11.3 Å². The molecule has 1 unspecified atom stereocenters. The normalized spacial score (nSPS) is 23.0. The van der Waals surface area contributed by atoms with Crippen LogP contribution in [0.2, 0.25) is 0 Å². The van der Waals surface area contributed by atoms with Crippen LogP contribution in [0, 0.1) is 11.6 Å². The van der Waals surface area contributed by atoms with Crippen molar-refractivity contribution < 1.29 is 16.4 Å². The van der Waals surface area contributed by atoms with Crippen LogP contribution in [-0.4, -0.2) is 22.3 Å². The first-order chi connectivity index (χ1) is 14.0. The Morgan fingerprint density at radius 3 is 2.72 bits per heavy atom. The number of halogens is 2. The summed E-state index contributed by atoms with van der Waals surface area (Å²) in [6.07, 6.45) is 12.4. The highest BCUT2D eigenvalue weighted by atomic mass is 19.1. The number of hydrogen-bond donors (Lipinski definition) is 1. The summed E-state index contributed by atoms with van der Waals surface area (Å²) < 4.78 is 35.0. The number of H-pyrrole nitrogens is 1. The van der Waals surface area contributed by atoms with Crippen molar-refractivity contribution in [1.82, 2.24) is 9.55 Å². The Bertz CT molecular complexity index is 1010. The van der Waals surface area contributed by atoms with Gasteiger partial charge in [-0.1, -0.05) is 23.3 Å².